The number of nitrogens with zero attached hydrogens (tertiary/aromatic N) is 4. The Balaban J connectivity index is 1.16. The summed E-state index contributed by atoms with van der Waals surface area (Å²) in [5.41, 5.74) is 3.39. The van der Waals surface area contributed by atoms with Crippen LogP contribution in [0.15, 0.2) is 54.7 Å². The molecule has 44 heavy (non-hydrogen) atoms. The quantitative estimate of drug-likeness (QED) is 0.248. The van der Waals surface area contributed by atoms with Crippen molar-refractivity contribution in [3.05, 3.63) is 94.7 Å². The highest BCUT2D eigenvalue weighted by atomic mass is 19.1. The minimum absolute atomic E-state index is 0.0541. The lowest BCUT2D eigenvalue weighted by Gasteiger charge is -2.40. The lowest BCUT2D eigenvalue weighted by molar-refractivity contribution is 0.253. The average Bonchev–Trinajstić information content (AvgIpc) is 3.02. The summed E-state index contributed by atoms with van der Waals surface area (Å²) in [6, 6.07) is 12.9. The molecule has 0 amide bonds. The summed E-state index contributed by atoms with van der Waals surface area (Å²) < 4.78 is 66.1. The third-order valence-corrected chi connectivity index (χ3v) is 9.19. The van der Waals surface area contributed by atoms with Gasteiger partial charge in [-0.15, -0.1) is 0 Å². The number of fused-ring (bicyclic) bond motifs is 2. The Morgan fingerprint density at radius 3 is 2.55 bits per heavy atom. The number of piperidine rings is 1. The highest BCUT2D eigenvalue weighted by molar-refractivity contribution is 5.73. The van der Waals surface area contributed by atoms with Crippen molar-refractivity contribution in [3.63, 3.8) is 0 Å². The number of hydrogen-bond acceptors (Lipinski definition) is 6. The smallest absolute Gasteiger partial charge is 0.227 e. The van der Waals surface area contributed by atoms with Crippen molar-refractivity contribution in [1.29, 1.82) is 0 Å². The normalized spacial score (nSPS) is 18.8. The largest absolute Gasteiger partial charge is 0.486 e. The van der Waals surface area contributed by atoms with Crippen LogP contribution in [-0.2, 0) is 12.8 Å². The van der Waals surface area contributed by atoms with E-state index in [9.17, 15) is 4.39 Å². The van der Waals surface area contributed by atoms with E-state index in [4.69, 9.17) is 4.74 Å². The molecule has 1 saturated heterocycles. The zero-order valence-electron chi connectivity index (χ0n) is 24.4. The molecule has 0 saturated carbocycles. The van der Waals surface area contributed by atoms with Gasteiger partial charge in [0.2, 0.25) is 5.95 Å². The van der Waals surface area contributed by atoms with E-state index < -0.39 is 11.6 Å². The maximum atomic E-state index is 15.5. The van der Waals surface area contributed by atoms with Gasteiger partial charge in [0.25, 0.3) is 0 Å². The Hall–Kier alpha value is -4.18. The highest BCUT2D eigenvalue weighted by Gasteiger charge is 2.32. The van der Waals surface area contributed by atoms with Gasteiger partial charge in [-0.1, -0.05) is 18.2 Å². The van der Waals surface area contributed by atoms with E-state index in [1.807, 2.05) is 11.0 Å². The summed E-state index contributed by atoms with van der Waals surface area (Å²) in [5, 5.41) is 2.97. The molecule has 3 heterocycles. The van der Waals surface area contributed by atoms with Crippen LogP contribution >= 0.6 is 0 Å². The lowest BCUT2D eigenvalue weighted by Crippen LogP contribution is -2.44. The molecule has 10 heteroatoms. The summed E-state index contributed by atoms with van der Waals surface area (Å²) in [6.07, 6.45) is 4.77. The first-order valence-electron chi connectivity index (χ1n) is 15.1. The summed E-state index contributed by atoms with van der Waals surface area (Å²) >= 11 is 0. The lowest BCUT2D eigenvalue weighted by atomic mass is 9.86. The average molecular weight is 604 g/mol. The van der Waals surface area contributed by atoms with Crippen LogP contribution < -0.4 is 15.0 Å². The van der Waals surface area contributed by atoms with Crippen LogP contribution in [0.4, 0.5) is 34.9 Å². The zero-order valence-corrected chi connectivity index (χ0v) is 24.4. The molecule has 228 valence electrons. The minimum atomic E-state index is -0.726. The molecule has 1 fully saturated rings. The number of anilines is 3. The summed E-state index contributed by atoms with van der Waals surface area (Å²) in [6.45, 7) is 2.63. The van der Waals surface area contributed by atoms with Crippen LogP contribution in [-0.4, -0.2) is 54.2 Å². The van der Waals surface area contributed by atoms with Crippen molar-refractivity contribution in [2.24, 2.45) is 0 Å². The summed E-state index contributed by atoms with van der Waals surface area (Å²) in [4.78, 5) is 12.7. The number of likely N-dealkylation sites (tertiary alicyclic amines) is 1. The van der Waals surface area contributed by atoms with Gasteiger partial charge in [0, 0.05) is 17.3 Å². The van der Waals surface area contributed by atoms with Gasteiger partial charge in [0.05, 0.1) is 18.4 Å². The minimum Gasteiger partial charge on any atom is -0.486 e. The molecule has 0 spiro atoms. The van der Waals surface area contributed by atoms with Crippen LogP contribution in [0.1, 0.15) is 41.9 Å². The number of aryl methyl sites for hydroxylation is 1. The first kappa shape index (κ1) is 28.6. The van der Waals surface area contributed by atoms with E-state index in [-0.39, 0.29) is 53.2 Å². The molecule has 2 aliphatic heterocycles. The Bertz CT molecular complexity index is 1710. The molecule has 1 N–H and O–H groups in total. The van der Waals surface area contributed by atoms with Crippen LogP contribution in [0.25, 0.3) is 11.3 Å². The predicted octanol–water partition coefficient (Wildman–Crippen LogP) is 7.01. The SMILES string of the molecule is CN1CCC(c2ccc(Nc3ncc(F)c(-c4cc(F)c5c(c4)N(C4CCc6cccc(F)c6C4)CCO5)n3)cc2F)CC1. The van der Waals surface area contributed by atoms with Gasteiger partial charge >= 0.3 is 0 Å². The van der Waals surface area contributed by atoms with Gasteiger partial charge in [0.1, 0.15) is 23.9 Å². The highest BCUT2D eigenvalue weighted by Crippen LogP contribution is 2.41. The van der Waals surface area contributed by atoms with Crippen LogP contribution in [0.2, 0.25) is 0 Å². The van der Waals surface area contributed by atoms with Crippen molar-refractivity contribution >= 4 is 17.3 Å². The predicted molar refractivity (Wildman–Crippen MR) is 162 cm³/mol. The number of halogens is 4. The molecule has 0 radical (unpaired) electrons. The fraction of sp³-hybridized carbons (Fsp3) is 0.353. The number of nitrogens with one attached hydrogen (secondary N) is 1. The molecular weight excluding hydrogens is 570 g/mol. The van der Waals surface area contributed by atoms with Crippen molar-refractivity contribution in [1.82, 2.24) is 14.9 Å². The Kier molecular flexibility index (Phi) is 7.62. The fourth-order valence-corrected chi connectivity index (χ4v) is 6.82. The van der Waals surface area contributed by atoms with Crippen molar-refractivity contribution < 1.29 is 22.3 Å². The van der Waals surface area contributed by atoms with Crippen LogP contribution in [0.3, 0.4) is 0 Å². The maximum Gasteiger partial charge on any atom is 0.227 e. The second kappa shape index (κ2) is 11.7. The van der Waals surface area contributed by atoms with Gasteiger partial charge in [-0.25, -0.2) is 27.5 Å². The molecule has 0 bridgehead atoms. The second-order valence-electron chi connectivity index (χ2n) is 12.0. The number of hydrogen-bond donors (Lipinski definition) is 1. The number of ether oxygens (including phenoxy) is 1. The Labute approximate surface area is 253 Å². The monoisotopic (exact) mass is 603 g/mol. The molecule has 1 aromatic heterocycles. The topological polar surface area (TPSA) is 53.5 Å². The number of benzene rings is 3. The van der Waals surface area contributed by atoms with Crippen molar-refractivity contribution in [3.8, 4) is 17.0 Å². The molecule has 1 aliphatic carbocycles. The van der Waals surface area contributed by atoms with E-state index in [2.05, 4.69) is 27.2 Å². The van der Waals surface area contributed by atoms with Crippen molar-refractivity contribution in [2.75, 3.05) is 43.5 Å². The zero-order chi connectivity index (χ0) is 30.4. The number of aromatic nitrogens is 2. The molecule has 3 aliphatic rings. The molecule has 7 rings (SSSR count). The van der Waals surface area contributed by atoms with Crippen LogP contribution in [0.5, 0.6) is 5.75 Å². The molecule has 3 aromatic carbocycles. The van der Waals surface area contributed by atoms with Gasteiger partial charge in [0.15, 0.2) is 17.4 Å². The first-order valence-corrected chi connectivity index (χ1v) is 15.1. The van der Waals surface area contributed by atoms with Crippen LogP contribution in [0, 0.1) is 23.3 Å². The molecule has 1 unspecified atom stereocenters. The van der Waals surface area contributed by atoms with E-state index >= 15 is 13.2 Å². The Morgan fingerprint density at radius 1 is 0.886 bits per heavy atom. The fourth-order valence-electron chi connectivity index (χ4n) is 6.82. The first-order chi connectivity index (χ1) is 21.3. The van der Waals surface area contributed by atoms with Gasteiger partial charge in [-0.05, 0) is 105 Å². The standard InChI is InChI=1S/C34H33F4N5O/c1-42-11-9-21(10-12-42)25-8-6-23(17-28(25)36)40-34-39-19-30(38)32(41-34)22-15-29(37)33-31(16-22)43(13-14-44-33)24-7-5-20-3-2-4-27(35)26(20)18-24/h2-4,6,8,15-17,19,21,24H,5,7,9-14,18H2,1H3,(H,39,40,41). The molecular formula is C34H33F4N5O. The molecule has 4 aromatic rings. The van der Waals surface area contributed by atoms with Crippen molar-refractivity contribution in [2.45, 2.75) is 44.1 Å². The van der Waals surface area contributed by atoms with E-state index in [0.29, 0.717) is 41.9 Å². The second-order valence-corrected chi connectivity index (χ2v) is 12.0. The third kappa shape index (κ3) is 5.47. The summed E-state index contributed by atoms with van der Waals surface area (Å²) in [5.74, 6) is -1.60. The molecule has 6 nitrogen and oxygen atoms in total. The molecule has 1 atom stereocenters. The van der Waals surface area contributed by atoms with Gasteiger partial charge < -0.3 is 19.9 Å². The maximum absolute atomic E-state index is 15.5. The Morgan fingerprint density at radius 2 is 1.73 bits per heavy atom. The van der Waals surface area contributed by atoms with E-state index in [1.54, 1.807) is 24.3 Å². The van der Waals surface area contributed by atoms with E-state index in [0.717, 1.165) is 44.1 Å². The number of rotatable bonds is 5. The van der Waals surface area contributed by atoms with E-state index in [1.165, 1.54) is 18.2 Å². The van der Waals surface area contributed by atoms with Gasteiger partial charge in [-0.3, -0.25) is 0 Å². The third-order valence-electron chi connectivity index (χ3n) is 9.19. The van der Waals surface area contributed by atoms with Gasteiger partial charge in [-0.2, -0.15) is 0 Å². The summed E-state index contributed by atoms with van der Waals surface area (Å²) in [7, 11) is 2.07.